The second-order valence-corrected chi connectivity index (χ2v) is 4.56. The predicted octanol–water partition coefficient (Wildman–Crippen LogP) is 1.98. The molecule has 4 heteroatoms. The van der Waals surface area contributed by atoms with Crippen LogP contribution in [0.3, 0.4) is 0 Å². The van der Waals surface area contributed by atoms with Crippen LogP contribution in [0, 0.1) is 10.1 Å². The number of hydrogen-bond acceptors (Lipinski definition) is 3. The van der Waals surface area contributed by atoms with Gasteiger partial charge in [0, 0.05) is 30.1 Å². The summed E-state index contributed by atoms with van der Waals surface area (Å²) in [7, 11) is 0. The summed E-state index contributed by atoms with van der Waals surface area (Å²) >= 11 is 0. The Morgan fingerprint density at radius 2 is 2.20 bits per heavy atom. The van der Waals surface area contributed by atoms with E-state index in [1.807, 2.05) is 19.9 Å². The number of hydrogen-bond donors (Lipinski definition) is 1. The third-order valence-electron chi connectivity index (χ3n) is 2.88. The molecule has 0 amide bonds. The van der Waals surface area contributed by atoms with Gasteiger partial charge in [0.25, 0.3) is 5.69 Å². The zero-order chi connectivity index (χ0) is 11.1. The Hall–Kier alpha value is -1.42. The smallest absolute Gasteiger partial charge is 0.273 e. The lowest BCUT2D eigenvalue weighted by molar-refractivity contribution is -0.386. The summed E-state index contributed by atoms with van der Waals surface area (Å²) in [4.78, 5) is 10.7. The topological polar surface area (TPSA) is 55.2 Å². The molecule has 15 heavy (non-hydrogen) atoms. The molecule has 1 aromatic rings. The lowest BCUT2D eigenvalue weighted by Gasteiger charge is -2.32. The fraction of sp³-hybridized carbons (Fsp3) is 0.455. The van der Waals surface area contributed by atoms with Crippen LogP contribution in [0.15, 0.2) is 18.2 Å². The highest BCUT2D eigenvalue weighted by molar-refractivity contribution is 5.51. The molecule has 4 nitrogen and oxygen atoms in total. The van der Waals surface area contributed by atoms with Gasteiger partial charge in [-0.3, -0.25) is 10.1 Å². The highest BCUT2D eigenvalue weighted by atomic mass is 16.6. The molecule has 1 heterocycles. The number of nitrogens with one attached hydrogen (secondary N) is 1. The summed E-state index contributed by atoms with van der Waals surface area (Å²) in [6.07, 6.45) is 0. The first kappa shape index (κ1) is 10.1. The van der Waals surface area contributed by atoms with Crippen molar-refractivity contribution in [3.63, 3.8) is 0 Å². The Kier molecular flexibility index (Phi) is 2.23. The van der Waals surface area contributed by atoms with Gasteiger partial charge in [0.05, 0.1) is 4.92 Å². The molecular weight excluding hydrogens is 192 g/mol. The molecule has 1 aliphatic rings. The standard InChI is InChI=1S/C11H14N2O2/c1-11(2)7-12-6-8-4-3-5-9(10(8)11)13(14)15/h3-5,12H,6-7H2,1-2H3. The molecular formula is C11H14N2O2. The zero-order valence-electron chi connectivity index (χ0n) is 8.91. The molecule has 1 aromatic carbocycles. The van der Waals surface area contributed by atoms with E-state index in [-0.39, 0.29) is 16.0 Å². The molecule has 1 N–H and O–H groups in total. The minimum absolute atomic E-state index is 0.169. The van der Waals surface area contributed by atoms with Gasteiger partial charge in [-0.1, -0.05) is 26.0 Å². The van der Waals surface area contributed by atoms with Crippen molar-refractivity contribution in [2.75, 3.05) is 6.54 Å². The van der Waals surface area contributed by atoms with Crippen LogP contribution in [0.1, 0.15) is 25.0 Å². The van der Waals surface area contributed by atoms with E-state index in [1.54, 1.807) is 12.1 Å². The largest absolute Gasteiger partial charge is 0.312 e. The van der Waals surface area contributed by atoms with Crippen LogP contribution < -0.4 is 5.32 Å². The Morgan fingerprint density at radius 1 is 1.47 bits per heavy atom. The highest BCUT2D eigenvalue weighted by Gasteiger charge is 2.33. The molecule has 1 aliphatic heterocycles. The van der Waals surface area contributed by atoms with Gasteiger partial charge >= 0.3 is 0 Å². The van der Waals surface area contributed by atoms with Crippen LogP contribution in [0.5, 0.6) is 0 Å². The quantitative estimate of drug-likeness (QED) is 0.564. The predicted molar refractivity (Wildman–Crippen MR) is 57.8 cm³/mol. The van der Waals surface area contributed by atoms with Gasteiger partial charge in [0.2, 0.25) is 0 Å². The van der Waals surface area contributed by atoms with E-state index in [1.165, 1.54) is 0 Å². The van der Waals surface area contributed by atoms with E-state index in [0.717, 1.165) is 24.2 Å². The molecule has 2 rings (SSSR count). The van der Waals surface area contributed by atoms with E-state index >= 15 is 0 Å². The molecule has 0 saturated carbocycles. The normalized spacial score (nSPS) is 18.3. The maximum Gasteiger partial charge on any atom is 0.273 e. The molecule has 0 bridgehead atoms. The van der Waals surface area contributed by atoms with Gasteiger partial charge in [-0.05, 0) is 5.56 Å². The van der Waals surface area contributed by atoms with Crippen LogP contribution in [0.4, 0.5) is 5.69 Å². The molecule has 0 aromatic heterocycles. The van der Waals surface area contributed by atoms with Crippen molar-refractivity contribution in [2.45, 2.75) is 25.8 Å². The fourth-order valence-corrected chi connectivity index (χ4v) is 2.27. The van der Waals surface area contributed by atoms with Crippen molar-refractivity contribution in [1.29, 1.82) is 0 Å². The second kappa shape index (κ2) is 3.31. The molecule has 0 unspecified atom stereocenters. The van der Waals surface area contributed by atoms with Crippen LogP contribution in [0.25, 0.3) is 0 Å². The Morgan fingerprint density at radius 3 is 2.87 bits per heavy atom. The summed E-state index contributed by atoms with van der Waals surface area (Å²) in [5, 5.41) is 14.2. The Balaban J connectivity index is 2.65. The van der Waals surface area contributed by atoms with Crippen molar-refractivity contribution in [3.05, 3.63) is 39.4 Å². The maximum atomic E-state index is 10.9. The molecule has 0 saturated heterocycles. The summed E-state index contributed by atoms with van der Waals surface area (Å²) in [5.41, 5.74) is 2.00. The molecule has 0 atom stereocenters. The average Bonchev–Trinajstić information content (AvgIpc) is 2.16. The van der Waals surface area contributed by atoms with E-state index in [0.29, 0.717) is 0 Å². The van der Waals surface area contributed by atoms with Gasteiger partial charge < -0.3 is 5.32 Å². The second-order valence-electron chi connectivity index (χ2n) is 4.56. The molecule has 0 radical (unpaired) electrons. The third kappa shape index (κ3) is 1.61. The number of rotatable bonds is 1. The summed E-state index contributed by atoms with van der Waals surface area (Å²) < 4.78 is 0. The number of nitro groups is 1. The lowest BCUT2D eigenvalue weighted by atomic mass is 9.78. The van der Waals surface area contributed by atoms with Crippen LogP contribution in [-0.4, -0.2) is 11.5 Å². The molecule has 0 spiro atoms. The number of nitro benzene ring substituents is 1. The van der Waals surface area contributed by atoms with E-state index in [2.05, 4.69) is 5.32 Å². The van der Waals surface area contributed by atoms with Gasteiger partial charge in [-0.25, -0.2) is 0 Å². The minimum atomic E-state index is -0.286. The summed E-state index contributed by atoms with van der Waals surface area (Å²) in [6, 6.07) is 5.29. The average molecular weight is 206 g/mol. The zero-order valence-corrected chi connectivity index (χ0v) is 8.91. The van der Waals surface area contributed by atoms with Crippen molar-refractivity contribution in [2.24, 2.45) is 0 Å². The van der Waals surface area contributed by atoms with Crippen molar-refractivity contribution in [3.8, 4) is 0 Å². The lowest BCUT2D eigenvalue weighted by Crippen LogP contribution is -2.39. The van der Waals surface area contributed by atoms with Gasteiger partial charge in [0.1, 0.15) is 0 Å². The third-order valence-corrected chi connectivity index (χ3v) is 2.88. The SMILES string of the molecule is CC1(C)CNCc2cccc([N+](=O)[O-])c21. The first-order valence-electron chi connectivity index (χ1n) is 5.00. The van der Waals surface area contributed by atoms with Crippen LogP contribution >= 0.6 is 0 Å². The van der Waals surface area contributed by atoms with Gasteiger partial charge in [-0.2, -0.15) is 0 Å². The molecule has 0 fully saturated rings. The number of fused-ring (bicyclic) bond motifs is 1. The van der Waals surface area contributed by atoms with Crippen molar-refractivity contribution < 1.29 is 4.92 Å². The van der Waals surface area contributed by atoms with E-state index in [9.17, 15) is 10.1 Å². The summed E-state index contributed by atoms with van der Waals surface area (Å²) in [5.74, 6) is 0. The van der Waals surface area contributed by atoms with E-state index < -0.39 is 0 Å². The van der Waals surface area contributed by atoms with Gasteiger partial charge in [-0.15, -0.1) is 0 Å². The molecule has 80 valence electrons. The maximum absolute atomic E-state index is 10.9. The van der Waals surface area contributed by atoms with Crippen molar-refractivity contribution in [1.82, 2.24) is 5.32 Å². The summed E-state index contributed by atoms with van der Waals surface area (Å²) in [6.45, 7) is 5.57. The highest BCUT2D eigenvalue weighted by Crippen LogP contribution is 2.36. The first-order valence-corrected chi connectivity index (χ1v) is 5.00. The molecule has 0 aliphatic carbocycles. The minimum Gasteiger partial charge on any atom is -0.312 e. The Labute approximate surface area is 88.5 Å². The van der Waals surface area contributed by atoms with Crippen molar-refractivity contribution >= 4 is 5.69 Å². The van der Waals surface area contributed by atoms with Gasteiger partial charge in [0.15, 0.2) is 0 Å². The number of nitrogens with zero attached hydrogens (tertiary/aromatic N) is 1. The van der Waals surface area contributed by atoms with Crippen LogP contribution in [-0.2, 0) is 12.0 Å². The monoisotopic (exact) mass is 206 g/mol. The number of benzene rings is 1. The Bertz CT molecular complexity index is 413. The van der Waals surface area contributed by atoms with Crippen LogP contribution in [0.2, 0.25) is 0 Å². The first-order chi connectivity index (χ1) is 7.02. The van der Waals surface area contributed by atoms with E-state index in [4.69, 9.17) is 0 Å². The fourth-order valence-electron chi connectivity index (χ4n) is 2.27.